The van der Waals surface area contributed by atoms with Crippen LogP contribution in [0.4, 0.5) is 0 Å². The number of nitrogens with zero attached hydrogens (tertiary/aromatic N) is 1. The molecule has 0 aromatic heterocycles. The summed E-state index contributed by atoms with van der Waals surface area (Å²) in [6.07, 6.45) is 5.87. The zero-order chi connectivity index (χ0) is 14.1. The maximum absolute atomic E-state index is 5.45. The third kappa shape index (κ3) is 2.30. The van der Waals surface area contributed by atoms with Gasteiger partial charge in [0.05, 0.1) is 0 Å². The number of hydrogen-bond donors (Lipinski definition) is 0. The van der Waals surface area contributed by atoms with Crippen molar-refractivity contribution in [3.63, 3.8) is 0 Å². The van der Waals surface area contributed by atoms with Gasteiger partial charge in [-0.25, -0.2) is 0 Å². The van der Waals surface area contributed by atoms with Gasteiger partial charge < -0.3 is 9.47 Å². The summed E-state index contributed by atoms with van der Waals surface area (Å²) in [4.78, 5) is 2.51. The van der Waals surface area contributed by atoms with Gasteiger partial charge in [-0.2, -0.15) is 0 Å². The number of likely N-dealkylation sites (N-methyl/N-ethyl adjacent to an activating group) is 1. The zero-order valence-corrected chi connectivity index (χ0v) is 12.5. The molecular weight excluding hydrogens is 250 g/mol. The molecule has 0 spiro atoms. The first-order chi connectivity index (χ1) is 9.74. The molecule has 1 aromatic rings. The molecule has 0 N–H and O–H groups in total. The summed E-state index contributed by atoms with van der Waals surface area (Å²) in [6.45, 7) is 0. The molecule has 108 valence electrons. The maximum Gasteiger partial charge on any atom is 0.183 e. The predicted octanol–water partition coefficient (Wildman–Crippen LogP) is 3.23. The first-order valence-electron chi connectivity index (χ1n) is 7.32. The first-order valence-corrected chi connectivity index (χ1v) is 7.32. The fourth-order valence-corrected chi connectivity index (χ4v) is 3.59. The van der Waals surface area contributed by atoms with E-state index < -0.39 is 0 Å². The van der Waals surface area contributed by atoms with Gasteiger partial charge in [-0.05, 0) is 37.4 Å². The molecule has 0 saturated carbocycles. The number of ether oxygens (including phenoxy) is 2. The van der Waals surface area contributed by atoms with E-state index in [0.29, 0.717) is 12.1 Å². The summed E-state index contributed by atoms with van der Waals surface area (Å²) in [5.74, 6) is 0. The molecule has 20 heavy (non-hydrogen) atoms. The molecule has 2 aliphatic heterocycles. The van der Waals surface area contributed by atoms with Crippen LogP contribution in [0.1, 0.15) is 36.7 Å². The monoisotopic (exact) mass is 273 g/mol. The van der Waals surface area contributed by atoms with E-state index in [4.69, 9.17) is 9.47 Å². The van der Waals surface area contributed by atoms with E-state index in [1.807, 2.05) is 6.07 Å². The van der Waals surface area contributed by atoms with Crippen molar-refractivity contribution in [1.82, 2.24) is 4.90 Å². The maximum atomic E-state index is 5.45. The minimum absolute atomic E-state index is 0.288. The standard InChI is InChI=1S/C17H23NO2/c1-18-13-8-9-14(18)11-12(10-13)15-6-4-5-7-16(15)17(19-2)20-3/h4-7,10,13-14,17H,8-9,11H2,1-3H3. The Morgan fingerprint density at radius 3 is 2.60 bits per heavy atom. The Kier molecular flexibility index (Phi) is 3.92. The van der Waals surface area contributed by atoms with Crippen molar-refractivity contribution >= 4 is 5.57 Å². The van der Waals surface area contributed by atoms with Crippen LogP contribution in [-0.2, 0) is 9.47 Å². The van der Waals surface area contributed by atoms with Gasteiger partial charge in [0, 0.05) is 31.9 Å². The second-order valence-electron chi connectivity index (χ2n) is 5.75. The Labute approximate surface area is 121 Å². The van der Waals surface area contributed by atoms with E-state index in [2.05, 4.69) is 36.2 Å². The highest BCUT2D eigenvalue weighted by Gasteiger charge is 2.34. The molecule has 3 rings (SSSR count). The van der Waals surface area contributed by atoms with Crippen LogP contribution in [0.3, 0.4) is 0 Å². The third-order valence-electron chi connectivity index (χ3n) is 4.73. The molecule has 2 bridgehead atoms. The summed E-state index contributed by atoms with van der Waals surface area (Å²) in [5, 5.41) is 0. The lowest BCUT2D eigenvalue weighted by Gasteiger charge is -2.31. The zero-order valence-electron chi connectivity index (χ0n) is 12.5. The highest BCUT2D eigenvalue weighted by Crippen LogP contribution is 2.39. The minimum atomic E-state index is -0.288. The molecule has 2 heterocycles. The van der Waals surface area contributed by atoms with Crippen LogP contribution in [0.25, 0.3) is 5.57 Å². The molecule has 0 amide bonds. The van der Waals surface area contributed by atoms with Crippen LogP contribution in [0, 0.1) is 0 Å². The highest BCUT2D eigenvalue weighted by atomic mass is 16.7. The van der Waals surface area contributed by atoms with Crippen molar-refractivity contribution in [3.05, 3.63) is 41.5 Å². The van der Waals surface area contributed by atoms with Gasteiger partial charge >= 0.3 is 0 Å². The topological polar surface area (TPSA) is 21.7 Å². The van der Waals surface area contributed by atoms with Crippen molar-refractivity contribution < 1.29 is 9.47 Å². The molecule has 0 radical (unpaired) electrons. The van der Waals surface area contributed by atoms with Gasteiger partial charge in [-0.1, -0.05) is 30.3 Å². The van der Waals surface area contributed by atoms with Gasteiger partial charge in [0.25, 0.3) is 0 Å². The van der Waals surface area contributed by atoms with Crippen molar-refractivity contribution in [2.24, 2.45) is 0 Å². The Morgan fingerprint density at radius 2 is 1.90 bits per heavy atom. The van der Waals surface area contributed by atoms with E-state index in [1.165, 1.54) is 24.0 Å². The van der Waals surface area contributed by atoms with Crippen LogP contribution in [0.2, 0.25) is 0 Å². The van der Waals surface area contributed by atoms with E-state index in [1.54, 1.807) is 14.2 Å². The molecule has 1 aromatic carbocycles. The number of benzene rings is 1. The summed E-state index contributed by atoms with van der Waals surface area (Å²) >= 11 is 0. The van der Waals surface area contributed by atoms with E-state index in [0.717, 1.165) is 12.0 Å². The Bertz CT molecular complexity index is 507. The van der Waals surface area contributed by atoms with Crippen molar-refractivity contribution in [1.29, 1.82) is 0 Å². The second-order valence-corrected chi connectivity index (χ2v) is 5.75. The van der Waals surface area contributed by atoms with Crippen molar-refractivity contribution in [2.45, 2.75) is 37.6 Å². The van der Waals surface area contributed by atoms with Crippen LogP contribution in [0.5, 0.6) is 0 Å². The Balaban J connectivity index is 1.97. The molecule has 2 atom stereocenters. The summed E-state index contributed by atoms with van der Waals surface area (Å²) in [5.41, 5.74) is 3.87. The molecule has 2 aliphatic rings. The van der Waals surface area contributed by atoms with Gasteiger partial charge in [0.15, 0.2) is 6.29 Å². The fourth-order valence-electron chi connectivity index (χ4n) is 3.59. The largest absolute Gasteiger partial charge is 0.352 e. The first kappa shape index (κ1) is 13.8. The molecule has 1 saturated heterocycles. The molecular formula is C17H23NO2. The van der Waals surface area contributed by atoms with Crippen LogP contribution in [0.15, 0.2) is 30.3 Å². The van der Waals surface area contributed by atoms with Crippen molar-refractivity contribution in [3.8, 4) is 0 Å². The van der Waals surface area contributed by atoms with Crippen LogP contribution >= 0.6 is 0 Å². The molecule has 3 nitrogen and oxygen atoms in total. The average molecular weight is 273 g/mol. The number of methoxy groups -OCH3 is 2. The number of fused-ring (bicyclic) bond motifs is 2. The average Bonchev–Trinajstić information content (AvgIpc) is 2.70. The SMILES string of the molecule is COC(OC)c1ccccc1C1=CC2CCC(C1)N2C. The van der Waals surface area contributed by atoms with Crippen LogP contribution < -0.4 is 0 Å². The lowest BCUT2D eigenvalue weighted by molar-refractivity contribution is -0.106. The Hall–Kier alpha value is -1.16. The molecule has 3 heteroatoms. The summed E-state index contributed by atoms with van der Waals surface area (Å²) in [6, 6.07) is 9.73. The third-order valence-corrected chi connectivity index (χ3v) is 4.73. The quantitative estimate of drug-likeness (QED) is 0.786. The van der Waals surface area contributed by atoms with Crippen molar-refractivity contribution in [2.75, 3.05) is 21.3 Å². The molecule has 2 unspecified atom stereocenters. The lowest BCUT2D eigenvalue weighted by Crippen LogP contribution is -2.34. The molecule has 0 aliphatic carbocycles. The molecule has 1 fully saturated rings. The smallest absolute Gasteiger partial charge is 0.183 e. The van der Waals surface area contributed by atoms with E-state index >= 15 is 0 Å². The second kappa shape index (κ2) is 5.68. The number of hydrogen-bond acceptors (Lipinski definition) is 3. The van der Waals surface area contributed by atoms with Gasteiger partial charge in [0.1, 0.15) is 0 Å². The number of rotatable bonds is 4. The van der Waals surface area contributed by atoms with E-state index in [-0.39, 0.29) is 6.29 Å². The van der Waals surface area contributed by atoms with Gasteiger partial charge in [0.2, 0.25) is 0 Å². The summed E-state index contributed by atoms with van der Waals surface area (Å²) in [7, 11) is 5.63. The Morgan fingerprint density at radius 1 is 1.15 bits per heavy atom. The lowest BCUT2D eigenvalue weighted by atomic mass is 9.91. The van der Waals surface area contributed by atoms with Gasteiger partial charge in [-0.15, -0.1) is 0 Å². The normalized spacial score (nSPS) is 26.1. The highest BCUT2D eigenvalue weighted by molar-refractivity contribution is 5.70. The minimum Gasteiger partial charge on any atom is -0.352 e. The fraction of sp³-hybridized carbons (Fsp3) is 0.529. The van der Waals surface area contributed by atoms with Crippen LogP contribution in [-0.4, -0.2) is 38.3 Å². The van der Waals surface area contributed by atoms with E-state index in [9.17, 15) is 0 Å². The van der Waals surface area contributed by atoms with Gasteiger partial charge in [-0.3, -0.25) is 4.90 Å². The summed E-state index contributed by atoms with van der Waals surface area (Å²) < 4.78 is 10.9. The predicted molar refractivity (Wildman–Crippen MR) is 80.4 cm³/mol.